The molecule has 0 saturated carbocycles. The number of carbonyl (C=O) groups is 2. The highest BCUT2D eigenvalue weighted by Crippen LogP contribution is 2.20. The van der Waals surface area contributed by atoms with E-state index in [1.165, 1.54) is 26.2 Å². The topological polar surface area (TPSA) is 52.6 Å². The number of Topliss-reactive ketones (excluding diaryl/α,β-unsaturated/α-hetero) is 1. The molecule has 0 saturated heterocycles. The fourth-order valence-electron chi connectivity index (χ4n) is 1.40. The highest BCUT2D eigenvalue weighted by molar-refractivity contribution is 5.96. The summed E-state index contributed by atoms with van der Waals surface area (Å²) in [5, 5.41) is 0. The third-order valence-corrected chi connectivity index (χ3v) is 2.33. The highest BCUT2D eigenvalue weighted by atomic mass is 19.1. The summed E-state index contributed by atoms with van der Waals surface area (Å²) in [7, 11) is 1.32. The molecule has 1 aromatic carbocycles. The van der Waals surface area contributed by atoms with Crippen LogP contribution in [0.1, 0.15) is 30.1 Å². The summed E-state index contributed by atoms with van der Waals surface area (Å²) in [6.07, 6.45) is 0.717. The second-order valence-corrected chi connectivity index (χ2v) is 3.72. The lowest BCUT2D eigenvalue weighted by Gasteiger charge is -2.09. The third kappa shape index (κ3) is 4.16. The van der Waals surface area contributed by atoms with Gasteiger partial charge in [0.25, 0.3) is 0 Å². The van der Waals surface area contributed by atoms with Crippen molar-refractivity contribution in [2.45, 2.75) is 19.8 Å². The smallest absolute Gasteiger partial charge is 0.305 e. The Kier molecular flexibility index (Phi) is 5.30. The van der Waals surface area contributed by atoms with E-state index < -0.39 is 5.82 Å². The zero-order valence-electron chi connectivity index (χ0n) is 10.4. The minimum Gasteiger partial charge on any atom is -0.493 e. The zero-order chi connectivity index (χ0) is 13.5. The minimum atomic E-state index is -0.484. The Labute approximate surface area is 105 Å². The highest BCUT2D eigenvalue weighted by Gasteiger charge is 2.10. The first-order chi connectivity index (χ1) is 8.54. The number of carbonyl (C=O) groups excluding carboxylic acids is 2. The van der Waals surface area contributed by atoms with Gasteiger partial charge in [0.05, 0.1) is 19.3 Å². The van der Waals surface area contributed by atoms with Gasteiger partial charge in [0, 0.05) is 6.42 Å². The van der Waals surface area contributed by atoms with E-state index in [0.29, 0.717) is 12.2 Å². The van der Waals surface area contributed by atoms with Crippen molar-refractivity contribution in [3.8, 4) is 5.75 Å². The Morgan fingerprint density at radius 3 is 2.67 bits per heavy atom. The molecule has 0 aliphatic rings. The maximum Gasteiger partial charge on any atom is 0.305 e. The van der Waals surface area contributed by atoms with Crippen LogP contribution in [0.2, 0.25) is 0 Å². The van der Waals surface area contributed by atoms with Crippen LogP contribution in [0.4, 0.5) is 4.39 Å². The van der Waals surface area contributed by atoms with Gasteiger partial charge in [0.2, 0.25) is 0 Å². The number of esters is 1. The summed E-state index contributed by atoms with van der Waals surface area (Å²) < 4.78 is 22.8. The molecule has 1 aromatic rings. The lowest BCUT2D eigenvalue weighted by molar-refractivity contribution is -0.140. The molecule has 0 heterocycles. The Balaban J connectivity index is 2.56. The molecule has 0 amide bonds. The second-order valence-electron chi connectivity index (χ2n) is 3.72. The molecule has 0 aliphatic heterocycles. The first kappa shape index (κ1) is 14.2. The van der Waals surface area contributed by atoms with Crippen molar-refractivity contribution in [3.05, 3.63) is 29.6 Å². The lowest BCUT2D eigenvalue weighted by Crippen LogP contribution is -2.06. The van der Waals surface area contributed by atoms with Crippen molar-refractivity contribution in [2.24, 2.45) is 0 Å². The Bertz CT molecular complexity index is 443. The summed E-state index contributed by atoms with van der Waals surface area (Å²) in [5.41, 5.74) is 0.202. The van der Waals surface area contributed by atoms with E-state index in [1.807, 2.05) is 0 Å². The Morgan fingerprint density at radius 2 is 2.06 bits per heavy atom. The van der Waals surface area contributed by atoms with Crippen LogP contribution in [0.3, 0.4) is 0 Å². The Morgan fingerprint density at radius 1 is 1.33 bits per heavy atom. The number of ether oxygens (including phenoxy) is 2. The van der Waals surface area contributed by atoms with Crippen LogP contribution >= 0.6 is 0 Å². The van der Waals surface area contributed by atoms with Gasteiger partial charge in [-0.05, 0) is 31.5 Å². The molecule has 0 aliphatic carbocycles. The molecule has 0 N–H and O–H groups in total. The lowest BCUT2D eigenvalue weighted by atomic mass is 10.1. The van der Waals surface area contributed by atoms with E-state index in [-0.39, 0.29) is 30.3 Å². The van der Waals surface area contributed by atoms with E-state index in [0.717, 1.165) is 6.07 Å². The van der Waals surface area contributed by atoms with Gasteiger partial charge in [-0.2, -0.15) is 0 Å². The first-order valence-corrected chi connectivity index (χ1v) is 5.54. The zero-order valence-corrected chi connectivity index (χ0v) is 10.4. The van der Waals surface area contributed by atoms with Crippen LogP contribution < -0.4 is 4.74 Å². The van der Waals surface area contributed by atoms with Gasteiger partial charge >= 0.3 is 5.97 Å². The van der Waals surface area contributed by atoms with Crippen molar-refractivity contribution in [2.75, 3.05) is 13.7 Å². The number of hydrogen-bond donors (Lipinski definition) is 0. The quantitative estimate of drug-likeness (QED) is 0.444. The van der Waals surface area contributed by atoms with E-state index in [2.05, 4.69) is 4.74 Å². The number of rotatable bonds is 6. The minimum absolute atomic E-state index is 0.202. The molecule has 18 heavy (non-hydrogen) atoms. The number of benzene rings is 1. The van der Waals surface area contributed by atoms with Crippen molar-refractivity contribution in [1.29, 1.82) is 0 Å². The van der Waals surface area contributed by atoms with Crippen molar-refractivity contribution in [1.82, 2.24) is 0 Å². The largest absolute Gasteiger partial charge is 0.493 e. The molecular weight excluding hydrogens is 239 g/mol. The third-order valence-electron chi connectivity index (χ3n) is 2.33. The van der Waals surface area contributed by atoms with Crippen LogP contribution in [0, 0.1) is 5.82 Å². The fourth-order valence-corrected chi connectivity index (χ4v) is 1.40. The van der Waals surface area contributed by atoms with E-state index in [9.17, 15) is 14.0 Å². The van der Waals surface area contributed by atoms with Gasteiger partial charge in [-0.1, -0.05) is 0 Å². The standard InChI is InChI=1S/C13H15FO4/c1-9(15)11-8-10(14)5-6-12(11)18-7-3-4-13(16)17-2/h5-6,8H,3-4,7H2,1-2H3. The average molecular weight is 254 g/mol. The van der Waals surface area contributed by atoms with Gasteiger partial charge in [0.15, 0.2) is 5.78 Å². The number of methoxy groups -OCH3 is 1. The predicted octanol–water partition coefficient (Wildman–Crippen LogP) is 2.36. The van der Waals surface area contributed by atoms with Crippen LogP contribution in [0.15, 0.2) is 18.2 Å². The van der Waals surface area contributed by atoms with Crippen molar-refractivity contribution >= 4 is 11.8 Å². The van der Waals surface area contributed by atoms with Gasteiger partial charge in [0.1, 0.15) is 11.6 Å². The number of ketones is 1. The summed E-state index contributed by atoms with van der Waals surface area (Å²) in [6.45, 7) is 1.61. The summed E-state index contributed by atoms with van der Waals surface area (Å²) in [5.74, 6) is -0.738. The van der Waals surface area contributed by atoms with Crippen LogP contribution in [0.25, 0.3) is 0 Å². The Hall–Kier alpha value is -1.91. The molecule has 0 unspecified atom stereocenters. The van der Waals surface area contributed by atoms with E-state index in [4.69, 9.17) is 4.74 Å². The molecule has 4 nitrogen and oxygen atoms in total. The average Bonchev–Trinajstić information content (AvgIpc) is 2.35. The molecular formula is C13H15FO4. The SMILES string of the molecule is COC(=O)CCCOc1ccc(F)cc1C(C)=O. The number of hydrogen-bond acceptors (Lipinski definition) is 4. The normalized spacial score (nSPS) is 9.94. The molecule has 0 bridgehead atoms. The molecule has 0 spiro atoms. The fraction of sp³-hybridized carbons (Fsp3) is 0.385. The van der Waals surface area contributed by atoms with Crippen molar-refractivity contribution in [3.63, 3.8) is 0 Å². The van der Waals surface area contributed by atoms with Crippen LogP contribution in [-0.4, -0.2) is 25.5 Å². The monoisotopic (exact) mass is 254 g/mol. The molecule has 0 atom stereocenters. The predicted molar refractivity (Wildman–Crippen MR) is 63.1 cm³/mol. The van der Waals surface area contributed by atoms with Gasteiger partial charge < -0.3 is 9.47 Å². The molecule has 5 heteroatoms. The van der Waals surface area contributed by atoms with E-state index in [1.54, 1.807) is 0 Å². The molecule has 0 radical (unpaired) electrons. The molecule has 0 fully saturated rings. The molecule has 0 aromatic heterocycles. The molecule has 1 rings (SSSR count). The summed E-state index contributed by atoms with van der Waals surface area (Å²) >= 11 is 0. The first-order valence-electron chi connectivity index (χ1n) is 5.54. The van der Waals surface area contributed by atoms with E-state index >= 15 is 0 Å². The van der Waals surface area contributed by atoms with Crippen molar-refractivity contribution < 1.29 is 23.5 Å². The number of halogens is 1. The maximum atomic E-state index is 13.0. The summed E-state index contributed by atoms with van der Waals surface area (Å²) in [4.78, 5) is 22.1. The molecule has 98 valence electrons. The summed E-state index contributed by atoms with van der Waals surface area (Å²) in [6, 6.07) is 3.77. The van der Waals surface area contributed by atoms with Gasteiger partial charge in [-0.3, -0.25) is 9.59 Å². The van der Waals surface area contributed by atoms with Gasteiger partial charge in [-0.15, -0.1) is 0 Å². The van der Waals surface area contributed by atoms with Crippen LogP contribution in [-0.2, 0) is 9.53 Å². The second kappa shape index (κ2) is 6.74. The van der Waals surface area contributed by atoms with Crippen LogP contribution in [0.5, 0.6) is 5.75 Å². The maximum absolute atomic E-state index is 13.0. The van der Waals surface area contributed by atoms with Gasteiger partial charge in [-0.25, -0.2) is 4.39 Å².